The van der Waals surface area contributed by atoms with Crippen molar-refractivity contribution >= 4 is 34.9 Å². The highest BCUT2D eigenvalue weighted by Gasteiger charge is 2.21. The highest BCUT2D eigenvalue weighted by atomic mass is 32.1. The number of hydrogen-bond acceptors (Lipinski definition) is 4. The minimum absolute atomic E-state index is 0.0866. The summed E-state index contributed by atoms with van der Waals surface area (Å²) in [6.07, 6.45) is 3.23. The third-order valence-corrected chi connectivity index (χ3v) is 4.49. The molecule has 1 fully saturated rings. The Morgan fingerprint density at radius 2 is 1.92 bits per heavy atom. The number of nitrogens with zero attached hydrogens (tertiary/aromatic N) is 1. The van der Waals surface area contributed by atoms with E-state index in [9.17, 15) is 9.59 Å². The van der Waals surface area contributed by atoms with Crippen LogP contribution in [-0.2, 0) is 9.53 Å². The van der Waals surface area contributed by atoms with Crippen LogP contribution in [0.5, 0.6) is 0 Å². The molecule has 1 saturated heterocycles. The minimum atomic E-state index is -0.259. The molecule has 3 rings (SSSR count). The van der Waals surface area contributed by atoms with Gasteiger partial charge in [-0.05, 0) is 29.7 Å². The number of carbonyl (C=O) groups excluding carboxylic acids is 2. The molecule has 24 heavy (non-hydrogen) atoms. The summed E-state index contributed by atoms with van der Waals surface area (Å²) in [4.78, 5) is 27.5. The van der Waals surface area contributed by atoms with Gasteiger partial charge in [-0.15, -0.1) is 11.3 Å². The fourth-order valence-electron chi connectivity index (χ4n) is 2.43. The number of carbonyl (C=O) groups is 2. The van der Waals surface area contributed by atoms with E-state index in [4.69, 9.17) is 4.74 Å². The highest BCUT2D eigenvalue weighted by Crippen LogP contribution is 2.18. The summed E-state index contributed by atoms with van der Waals surface area (Å²) in [5, 5.41) is 4.75. The van der Waals surface area contributed by atoms with Crippen LogP contribution in [0.2, 0.25) is 0 Å². The van der Waals surface area contributed by atoms with Crippen LogP contribution in [0.25, 0.3) is 6.08 Å². The minimum Gasteiger partial charge on any atom is -0.378 e. The van der Waals surface area contributed by atoms with Gasteiger partial charge < -0.3 is 15.0 Å². The Morgan fingerprint density at radius 1 is 1.12 bits per heavy atom. The number of amides is 2. The van der Waals surface area contributed by atoms with Crippen molar-refractivity contribution in [3.63, 3.8) is 0 Å². The van der Waals surface area contributed by atoms with Gasteiger partial charge in [0.15, 0.2) is 0 Å². The number of hydrogen-bond donors (Lipinski definition) is 1. The molecular weight excluding hydrogens is 324 g/mol. The summed E-state index contributed by atoms with van der Waals surface area (Å²) >= 11 is 1.56. The number of benzene rings is 1. The summed E-state index contributed by atoms with van der Waals surface area (Å²) in [6, 6.07) is 10.9. The molecule has 124 valence electrons. The standard InChI is InChI=1S/C18H18N2O3S/c21-17(8-7-14-4-3-13-24-14)19-16-6-2-1-5-15(16)18(22)20-9-11-23-12-10-20/h1-8,13H,9-12H2,(H,19,21). The SMILES string of the molecule is O=C(C=Cc1cccs1)Nc1ccccc1C(=O)N1CCOCC1. The zero-order valence-corrected chi connectivity index (χ0v) is 13.9. The van der Waals surface area contributed by atoms with Crippen molar-refractivity contribution in [2.24, 2.45) is 0 Å². The third-order valence-electron chi connectivity index (χ3n) is 3.66. The summed E-state index contributed by atoms with van der Waals surface area (Å²) in [5.74, 6) is -0.345. The van der Waals surface area contributed by atoms with E-state index in [-0.39, 0.29) is 11.8 Å². The maximum absolute atomic E-state index is 12.6. The van der Waals surface area contributed by atoms with Crippen LogP contribution >= 0.6 is 11.3 Å². The van der Waals surface area contributed by atoms with Crippen molar-refractivity contribution in [3.8, 4) is 0 Å². The van der Waals surface area contributed by atoms with Gasteiger partial charge in [0.2, 0.25) is 5.91 Å². The van der Waals surface area contributed by atoms with Crippen molar-refractivity contribution in [3.05, 3.63) is 58.3 Å². The van der Waals surface area contributed by atoms with E-state index in [2.05, 4.69) is 5.32 Å². The van der Waals surface area contributed by atoms with Gasteiger partial charge >= 0.3 is 0 Å². The van der Waals surface area contributed by atoms with Crippen LogP contribution in [0.1, 0.15) is 15.2 Å². The molecular formula is C18H18N2O3S. The Morgan fingerprint density at radius 3 is 2.67 bits per heavy atom. The van der Waals surface area contributed by atoms with E-state index in [0.717, 1.165) is 4.88 Å². The van der Waals surface area contributed by atoms with Crippen molar-refractivity contribution in [1.29, 1.82) is 0 Å². The predicted octanol–water partition coefficient (Wildman–Crippen LogP) is 2.87. The van der Waals surface area contributed by atoms with Crippen molar-refractivity contribution in [1.82, 2.24) is 4.90 Å². The fraction of sp³-hybridized carbons (Fsp3) is 0.222. The highest BCUT2D eigenvalue weighted by molar-refractivity contribution is 7.10. The van der Waals surface area contributed by atoms with Crippen LogP contribution in [0.3, 0.4) is 0 Å². The number of para-hydroxylation sites is 1. The first kappa shape index (κ1) is 16.4. The summed E-state index contributed by atoms with van der Waals surface area (Å²) in [7, 11) is 0. The lowest BCUT2D eigenvalue weighted by atomic mass is 10.1. The molecule has 1 aromatic carbocycles. The number of morpholine rings is 1. The van der Waals surface area contributed by atoms with Crippen LogP contribution in [-0.4, -0.2) is 43.0 Å². The Bertz CT molecular complexity index is 734. The van der Waals surface area contributed by atoms with Gasteiger partial charge in [0, 0.05) is 24.0 Å². The van der Waals surface area contributed by atoms with Crippen LogP contribution in [0.15, 0.2) is 47.9 Å². The number of nitrogens with one attached hydrogen (secondary N) is 1. The Hall–Kier alpha value is -2.44. The molecule has 2 heterocycles. The Balaban J connectivity index is 1.71. The number of anilines is 1. The molecule has 0 spiro atoms. The smallest absolute Gasteiger partial charge is 0.256 e. The molecule has 5 nitrogen and oxygen atoms in total. The van der Waals surface area contributed by atoms with Gasteiger partial charge in [-0.1, -0.05) is 18.2 Å². The van der Waals surface area contributed by atoms with Crippen molar-refractivity contribution in [2.75, 3.05) is 31.6 Å². The van der Waals surface area contributed by atoms with E-state index in [0.29, 0.717) is 37.6 Å². The van der Waals surface area contributed by atoms with E-state index < -0.39 is 0 Å². The first-order valence-corrected chi connectivity index (χ1v) is 8.60. The molecule has 2 aromatic rings. The molecule has 1 aliphatic rings. The second-order valence-corrected chi connectivity index (χ2v) is 6.27. The monoisotopic (exact) mass is 342 g/mol. The lowest BCUT2D eigenvalue weighted by Crippen LogP contribution is -2.41. The average Bonchev–Trinajstić information content (AvgIpc) is 3.14. The third kappa shape index (κ3) is 4.10. The van der Waals surface area contributed by atoms with Gasteiger partial charge in [-0.2, -0.15) is 0 Å². The fourth-order valence-corrected chi connectivity index (χ4v) is 3.05. The maximum atomic E-state index is 12.6. The molecule has 0 bridgehead atoms. The number of rotatable bonds is 4. The molecule has 0 saturated carbocycles. The second-order valence-electron chi connectivity index (χ2n) is 5.29. The largest absolute Gasteiger partial charge is 0.378 e. The Kier molecular flexibility index (Phi) is 5.40. The summed E-state index contributed by atoms with van der Waals surface area (Å²) < 4.78 is 5.28. The summed E-state index contributed by atoms with van der Waals surface area (Å²) in [5.41, 5.74) is 1.02. The van der Waals surface area contributed by atoms with Crippen molar-refractivity contribution in [2.45, 2.75) is 0 Å². The van der Waals surface area contributed by atoms with Crippen molar-refractivity contribution < 1.29 is 14.3 Å². The summed E-state index contributed by atoms with van der Waals surface area (Å²) in [6.45, 7) is 2.23. The quantitative estimate of drug-likeness (QED) is 0.869. The first-order chi connectivity index (χ1) is 11.7. The lowest BCUT2D eigenvalue weighted by molar-refractivity contribution is -0.111. The molecule has 1 N–H and O–H groups in total. The normalized spacial score (nSPS) is 14.8. The van der Waals surface area contributed by atoms with Gasteiger partial charge in [0.1, 0.15) is 0 Å². The molecule has 1 aromatic heterocycles. The number of ether oxygens (including phenoxy) is 1. The lowest BCUT2D eigenvalue weighted by Gasteiger charge is -2.27. The van der Waals surface area contributed by atoms with E-state index in [1.807, 2.05) is 17.5 Å². The van der Waals surface area contributed by atoms with Gasteiger partial charge in [0.05, 0.1) is 24.5 Å². The van der Waals surface area contributed by atoms with E-state index in [1.165, 1.54) is 6.08 Å². The van der Waals surface area contributed by atoms with Crippen LogP contribution < -0.4 is 5.32 Å². The van der Waals surface area contributed by atoms with Gasteiger partial charge in [0.25, 0.3) is 5.91 Å². The molecule has 6 heteroatoms. The average molecular weight is 342 g/mol. The molecule has 0 atom stereocenters. The Labute approximate surface area is 144 Å². The molecule has 2 amide bonds. The zero-order chi connectivity index (χ0) is 16.8. The second kappa shape index (κ2) is 7.90. The van der Waals surface area contributed by atoms with Gasteiger partial charge in [-0.25, -0.2) is 0 Å². The maximum Gasteiger partial charge on any atom is 0.256 e. The molecule has 0 aliphatic carbocycles. The van der Waals surface area contributed by atoms with Gasteiger partial charge in [-0.3, -0.25) is 9.59 Å². The predicted molar refractivity (Wildman–Crippen MR) is 95.1 cm³/mol. The molecule has 0 unspecified atom stereocenters. The van der Waals surface area contributed by atoms with Crippen LogP contribution in [0.4, 0.5) is 5.69 Å². The van der Waals surface area contributed by atoms with E-state index in [1.54, 1.807) is 46.6 Å². The zero-order valence-electron chi connectivity index (χ0n) is 13.1. The molecule has 0 radical (unpaired) electrons. The first-order valence-electron chi connectivity index (χ1n) is 7.72. The van der Waals surface area contributed by atoms with E-state index >= 15 is 0 Å². The number of thiophene rings is 1. The topological polar surface area (TPSA) is 58.6 Å². The van der Waals surface area contributed by atoms with Crippen LogP contribution in [0, 0.1) is 0 Å². The molecule has 1 aliphatic heterocycles.